The maximum atomic E-state index is 11.0. The molecule has 0 unspecified atom stereocenters. The fourth-order valence-corrected chi connectivity index (χ4v) is 1.36. The maximum Gasteiger partial charge on any atom is 0.221 e. The fraction of sp³-hybridized carbons (Fsp3) is 0.455. The Labute approximate surface area is 84.6 Å². The zero-order valence-corrected chi connectivity index (χ0v) is 9.09. The summed E-state index contributed by atoms with van der Waals surface area (Å²) in [5, 5.41) is 2.82. The van der Waals surface area contributed by atoms with Crippen molar-refractivity contribution < 1.29 is 4.79 Å². The van der Waals surface area contributed by atoms with Crippen LogP contribution in [0.15, 0.2) is 12.3 Å². The Morgan fingerprint density at radius 2 is 2.14 bits per heavy atom. The molecule has 0 aliphatic heterocycles. The van der Waals surface area contributed by atoms with Crippen molar-refractivity contribution >= 4 is 11.6 Å². The second-order valence-corrected chi connectivity index (χ2v) is 3.72. The zero-order chi connectivity index (χ0) is 10.7. The molecule has 1 N–H and O–H groups in total. The van der Waals surface area contributed by atoms with E-state index in [0.717, 1.165) is 16.9 Å². The molecule has 1 aromatic heterocycles. The number of carbonyl (C=O) groups excluding carboxylic acids is 1. The smallest absolute Gasteiger partial charge is 0.221 e. The van der Waals surface area contributed by atoms with Crippen molar-refractivity contribution in [1.29, 1.82) is 0 Å². The summed E-state index contributed by atoms with van der Waals surface area (Å²) in [5.74, 6) is 0.264. The molecule has 0 aliphatic carbocycles. The monoisotopic (exact) mass is 192 g/mol. The van der Waals surface area contributed by atoms with Gasteiger partial charge in [0, 0.05) is 13.1 Å². The van der Waals surface area contributed by atoms with Crippen LogP contribution >= 0.6 is 0 Å². The standard InChI is InChI=1S/C11H16N2O/c1-7(2)10-11(13-9(4)14)8(3)5-6-12-10/h5-7H,1-4H3,(H,13,14). The van der Waals surface area contributed by atoms with Gasteiger partial charge < -0.3 is 5.32 Å². The van der Waals surface area contributed by atoms with E-state index >= 15 is 0 Å². The van der Waals surface area contributed by atoms with Gasteiger partial charge in [0.1, 0.15) is 0 Å². The van der Waals surface area contributed by atoms with Gasteiger partial charge in [0.05, 0.1) is 11.4 Å². The summed E-state index contributed by atoms with van der Waals surface area (Å²) >= 11 is 0. The van der Waals surface area contributed by atoms with E-state index in [1.54, 1.807) is 6.20 Å². The van der Waals surface area contributed by atoms with Crippen molar-refractivity contribution in [2.75, 3.05) is 5.32 Å². The average molecular weight is 192 g/mol. The van der Waals surface area contributed by atoms with Crippen LogP contribution in [0.25, 0.3) is 0 Å². The summed E-state index contributed by atoms with van der Waals surface area (Å²) in [7, 11) is 0. The van der Waals surface area contributed by atoms with Gasteiger partial charge in [-0.2, -0.15) is 0 Å². The minimum atomic E-state index is -0.0528. The molecule has 3 nitrogen and oxygen atoms in total. The number of hydrogen-bond donors (Lipinski definition) is 1. The third-order valence-electron chi connectivity index (χ3n) is 2.04. The fourth-order valence-electron chi connectivity index (χ4n) is 1.36. The minimum Gasteiger partial charge on any atom is -0.325 e. The Kier molecular flexibility index (Phi) is 3.23. The predicted octanol–water partition coefficient (Wildman–Crippen LogP) is 2.47. The first-order chi connectivity index (χ1) is 6.52. The summed E-state index contributed by atoms with van der Waals surface area (Å²) in [6, 6.07) is 1.90. The van der Waals surface area contributed by atoms with Crippen LogP contribution in [0.2, 0.25) is 0 Å². The van der Waals surface area contributed by atoms with Gasteiger partial charge in [-0.3, -0.25) is 9.78 Å². The number of amides is 1. The molecule has 3 heteroatoms. The SMILES string of the molecule is CC(=O)Nc1c(C)ccnc1C(C)C. The lowest BCUT2D eigenvalue weighted by Crippen LogP contribution is -2.11. The van der Waals surface area contributed by atoms with Gasteiger partial charge in [-0.1, -0.05) is 13.8 Å². The van der Waals surface area contributed by atoms with E-state index in [1.807, 2.05) is 13.0 Å². The van der Waals surface area contributed by atoms with Crippen molar-refractivity contribution in [3.05, 3.63) is 23.5 Å². The van der Waals surface area contributed by atoms with Crippen LogP contribution < -0.4 is 5.32 Å². The van der Waals surface area contributed by atoms with Gasteiger partial charge in [0.2, 0.25) is 5.91 Å². The molecular weight excluding hydrogens is 176 g/mol. The van der Waals surface area contributed by atoms with Gasteiger partial charge in [-0.05, 0) is 24.5 Å². The number of pyridine rings is 1. The number of hydrogen-bond acceptors (Lipinski definition) is 2. The highest BCUT2D eigenvalue weighted by Crippen LogP contribution is 2.24. The van der Waals surface area contributed by atoms with Crippen molar-refractivity contribution in [3.8, 4) is 0 Å². The lowest BCUT2D eigenvalue weighted by Gasteiger charge is -2.13. The topological polar surface area (TPSA) is 42.0 Å². The predicted molar refractivity (Wildman–Crippen MR) is 57.4 cm³/mol. The number of anilines is 1. The molecule has 0 bridgehead atoms. The molecule has 0 atom stereocenters. The number of aromatic nitrogens is 1. The second kappa shape index (κ2) is 4.22. The quantitative estimate of drug-likeness (QED) is 0.782. The van der Waals surface area contributed by atoms with Crippen molar-refractivity contribution in [2.24, 2.45) is 0 Å². The molecule has 1 amide bonds. The van der Waals surface area contributed by atoms with Crippen LogP contribution in [0.1, 0.15) is 37.9 Å². The van der Waals surface area contributed by atoms with Crippen molar-refractivity contribution in [3.63, 3.8) is 0 Å². The molecule has 0 aliphatic rings. The van der Waals surface area contributed by atoms with Crippen molar-refractivity contribution in [2.45, 2.75) is 33.6 Å². The van der Waals surface area contributed by atoms with E-state index < -0.39 is 0 Å². The summed E-state index contributed by atoms with van der Waals surface area (Å²) in [6.07, 6.45) is 1.77. The summed E-state index contributed by atoms with van der Waals surface area (Å²) in [6.45, 7) is 7.61. The molecule has 0 radical (unpaired) electrons. The first-order valence-electron chi connectivity index (χ1n) is 4.75. The van der Waals surface area contributed by atoms with E-state index in [1.165, 1.54) is 6.92 Å². The van der Waals surface area contributed by atoms with E-state index in [2.05, 4.69) is 24.1 Å². The molecule has 1 heterocycles. The van der Waals surface area contributed by atoms with Gasteiger partial charge in [-0.15, -0.1) is 0 Å². The Hall–Kier alpha value is -1.38. The number of aryl methyl sites for hydroxylation is 1. The molecule has 1 aromatic rings. The van der Waals surface area contributed by atoms with Crippen LogP contribution in [-0.4, -0.2) is 10.9 Å². The molecule has 0 spiro atoms. The number of nitrogens with zero attached hydrogens (tertiary/aromatic N) is 1. The van der Waals surface area contributed by atoms with Crippen LogP contribution in [0.5, 0.6) is 0 Å². The first kappa shape index (κ1) is 10.7. The first-order valence-corrected chi connectivity index (χ1v) is 4.75. The van der Waals surface area contributed by atoms with Crippen LogP contribution in [0.3, 0.4) is 0 Å². The van der Waals surface area contributed by atoms with Gasteiger partial charge in [0.25, 0.3) is 0 Å². The van der Waals surface area contributed by atoms with E-state index in [4.69, 9.17) is 0 Å². The summed E-state index contributed by atoms with van der Waals surface area (Å²) < 4.78 is 0. The minimum absolute atomic E-state index is 0.0528. The molecule has 1 rings (SSSR count). The molecule has 0 aromatic carbocycles. The second-order valence-electron chi connectivity index (χ2n) is 3.72. The van der Waals surface area contributed by atoms with Gasteiger partial charge in [0.15, 0.2) is 0 Å². The van der Waals surface area contributed by atoms with Crippen LogP contribution in [0, 0.1) is 6.92 Å². The Balaban J connectivity index is 3.15. The number of nitrogens with one attached hydrogen (secondary N) is 1. The Bertz CT molecular complexity index is 345. The third kappa shape index (κ3) is 2.31. The Morgan fingerprint density at radius 1 is 1.50 bits per heavy atom. The lowest BCUT2D eigenvalue weighted by atomic mass is 10.0. The number of rotatable bonds is 2. The zero-order valence-electron chi connectivity index (χ0n) is 9.09. The number of carbonyl (C=O) groups is 1. The van der Waals surface area contributed by atoms with Gasteiger partial charge >= 0.3 is 0 Å². The molecule has 0 saturated carbocycles. The molecule has 0 saturated heterocycles. The summed E-state index contributed by atoms with van der Waals surface area (Å²) in [5.41, 5.74) is 2.86. The largest absolute Gasteiger partial charge is 0.325 e. The average Bonchev–Trinajstić information content (AvgIpc) is 2.07. The molecule has 0 fully saturated rings. The van der Waals surface area contributed by atoms with E-state index in [-0.39, 0.29) is 5.91 Å². The van der Waals surface area contributed by atoms with Crippen LogP contribution in [-0.2, 0) is 4.79 Å². The third-order valence-corrected chi connectivity index (χ3v) is 2.04. The highest BCUT2D eigenvalue weighted by atomic mass is 16.1. The van der Waals surface area contributed by atoms with Crippen LogP contribution in [0.4, 0.5) is 5.69 Å². The molecule has 14 heavy (non-hydrogen) atoms. The summed E-state index contributed by atoms with van der Waals surface area (Å²) in [4.78, 5) is 15.3. The Morgan fingerprint density at radius 3 is 2.64 bits per heavy atom. The normalized spacial score (nSPS) is 10.4. The van der Waals surface area contributed by atoms with Crippen molar-refractivity contribution in [1.82, 2.24) is 4.98 Å². The lowest BCUT2D eigenvalue weighted by molar-refractivity contribution is -0.114. The molecular formula is C11H16N2O. The van der Waals surface area contributed by atoms with E-state index in [0.29, 0.717) is 5.92 Å². The maximum absolute atomic E-state index is 11.0. The van der Waals surface area contributed by atoms with Gasteiger partial charge in [-0.25, -0.2) is 0 Å². The highest BCUT2D eigenvalue weighted by Gasteiger charge is 2.10. The highest BCUT2D eigenvalue weighted by molar-refractivity contribution is 5.90. The molecule has 76 valence electrons. The van der Waals surface area contributed by atoms with E-state index in [9.17, 15) is 4.79 Å².